The molecule has 0 aromatic carbocycles. The van der Waals surface area contributed by atoms with Crippen molar-refractivity contribution in [2.45, 2.75) is 25.6 Å². The summed E-state index contributed by atoms with van der Waals surface area (Å²) >= 11 is 0. The summed E-state index contributed by atoms with van der Waals surface area (Å²) in [6, 6.07) is 0. The molecule has 1 rings (SSSR count). The lowest BCUT2D eigenvalue weighted by Crippen LogP contribution is -2.10. The smallest absolute Gasteiger partial charge is 0.305 e. The molecule has 1 aliphatic rings. The zero-order chi connectivity index (χ0) is 6.20. The molecule has 1 saturated carbocycles. The average molecular weight is 118 g/mol. The summed E-state index contributed by atoms with van der Waals surface area (Å²) < 4.78 is 16.6. The van der Waals surface area contributed by atoms with Gasteiger partial charge in [0.25, 0.3) is 5.85 Å². The molecule has 0 unspecified atom stereocenters. The molecule has 0 bridgehead atoms. The molecule has 2 nitrogen and oxygen atoms in total. The molecule has 0 aliphatic heterocycles. The van der Waals surface area contributed by atoms with E-state index in [4.69, 9.17) is 0 Å². The minimum absolute atomic E-state index is 0.368. The topological polar surface area (TPSA) is 26.3 Å². The standard InChI is InChI=1S/C5H7FO2/c1-4(7)8-5(6)2-3-5/h2-3H2,1H3. The van der Waals surface area contributed by atoms with Gasteiger partial charge in [-0.2, -0.15) is 4.39 Å². The van der Waals surface area contributed by atoms with Gasteiger partial charge in [0, 0.05) is 19.8 Å². The van der Waals surface area contributed by atoms with Crippen LogP contribution in [0.25, 0.3) is 0 Å². The highest BCUT2D eigenvalue weighted by Gasteiger charge is 2.46. The third kappa shape index (κ3) is 1.18. The second-order valence-corrected chi connectivity index (χ2v) is 1.98. The van der Waals surface area contributed by atoms with Crippen LogP contribution in [0.15, 0.2) is 0 Å². The fourth-order valence-corrected chi connectivity index (χ4v) is 0.458. The molecule has 3 heteroatoms. The van der Waals surface area contributed by atoms with E-state index in [-0.39, 0.29) is 0 Å². The zero-order valence-electron chi connectivity index (χ0n) is 4.61. The SMILES string of the molecule is CC(=O)OC1(F)CC1. The van der Waals surface area contributed by atoms with Gasteiger partial charge in [-0.15, -0.1) is 0 Å². The summed E-state index contributed by atoms with van der Waals surface area (Å²) in [5.74, 6) is -2.11. The number of rotatable bonds is 1. The van der Waals surface area contributed by atoms with Gasteiger partial charge in [0.1, 0.15) is 0 Å². The van der Waals surface area contributed by atoms with E-state index in [1.165, 1.54) is 6.92 Å². The Bertz CT molecular complexity index is 118. The minimum Gasteiger partial charge on any atom is -0.429 e. The molecule has 0 radical (unpaired) electrons. The third-order valence-corrected chi connectivity index (χ3v) is 0.970. The maximum absolute atomic E-state index is 12.3. The highest BCUT2D eigenvalue weighted by atomic mass is 19.2. The Kier molecular flexibility index (Phi) is 0.994. The van der Waals surface area contributed by atoms with Crippen LogP contribution in [0.4, 0.5) is 4.39 Å². The molecule has 0 N–H and O–H groups in total. The van der Waals surface area contributed by atoms with Crippen LogP contribution in [0.2, 0.25) is 0 Å². The van der Waals surface area contributed by atoms with Crippen molar-refractivity contribution in [3.63, 3.8) is 0 Å². The van der Waals surface area contributed by atoms with Crippen molar-refractivity contribution in [2.24, 2.45) is 0 Å². The van der Waals surface area contributed by atoms with Crippen molar-refractivity contribution < 1.29 is 13.9 Å². The normalized spacial score (nSPS) is 22.2. The molecule has 0 amide bonds. The predicted molar refractivity (Wildman–Crippen MR) is 24.8 cm³/mol. The van der Waals surface area contributed by atoms with Crippen molar-refractivity contribution >= 4 is 5.97 Å². The van der Waals surface area contributed by atoms with Gasteiger partial charge >= 0.3 is 5.97 Å². The average Bonchev–Trinajstić information content (AvgIpc) is 2.17. The second-order valence-electron chi connectivity index (χ2n) is 1.98. The molecule has 0 heterocycles. The maximum Gasteiger partial charge on any atom is 0.305 e. The van der Waals surface area contributed by atoms with Crippen LogP contribution in [0.1, 0.15) is 19.8 Å². The summed E-state index contributed by atoms with van der Waals surface area (Å²) in [6.07, 6.45) is 0.735. The summed E-state index contributed by atoms with van der Waals surface area (Å²) in [4.78, 5) is 10.0. The lowest BCUT2D eigenvalue weighted by molar-refractivity contribution is -0.159. The molecule has 0 aromatic heterocycles. The Morgan fingerprint density at radius 2 is 2.25 bits per heavy atom. The molecule has 0 saturated heterocycles. The van der Waals surface area contributed by atoms with Crippen LogP contribution in [-0.2, 0) is 9.53 Å². The molecule has 0 aromatic rings. The molecule has 1 aliphatic carbocycles. The summed E-state index contributed by atoms with van der Waals surface area (Å²) in [5, 5.41) is 0. The molecule has 0 atom stereocenters. The number of ether oxygens (including phenoxy) is 1. The number of hydrogen-bond acceptors (Lipinski definition) is 2. The van der Waals surface area contributed by atoms with Crippen LogP contribution < -0.4 is 0 Å². The third-order valence-electron chi connectivity index (χ3n) is 0.970. The number of alkyl halides is 1. The highest BCUT2D eigenvalue weighted by Crippen LogP contribution is 2.40. The Morgan fingerprint density at radius 3 is 2.38 bits per heavy atom. The summed E-state index contributed by atoms with van der Waals surface area (Å²) in [6.45, 7) is 1.21. The maximum atomic E-state index is 12.3. The quantitative estimate of drug-likeness (QED) is 0.480. The Hall–Kier alpha value is -0.600. The first kappa shape index (κ1) is 5.54. The first-order chi connectivity index (χ1) is 3.62. The van der Waals surface area contributed by atoms with E-state index < -0.39 is 11.8 Å². The number of esters is 1. The van der Waals surface area contributed by atoms with Crippen LogP contribution in [0, 0.1) is 0 Å². The van der Waals surface area contributed by atoms with Crippen LogP contribution in [0.5, 0.6) is 0 Å². The molecule has 8 heavy (non-hydrogen) atoms. The fourth-order valence-electron chi connectivity index (χ4n) is 0.458. The van der Waals surface area contributed by atoms with E-state index in [0.717, 1.165) is 0 Å². The Morgan fingerprint density at radius 1 is 1.75 bits per heavy atom. The van der Waals surface area contributed by atoms with Crippen LogP contribution in [0.3, 0.4) is 0 Å². The molecule has 1 fully saturated rings. The summed E-state index contributed by atoms with van der Waals surface area (Å²) in [7, 11) is 0. The van der Waals surface area contributed by atoms with E-state index >= 15 is 0 Å². The predicted octanol–water partition coefficient (Wildman–Crippen LogP) is 1.01. The van der Waals surface area contributed by atoms with Gasteiger partial charge in [0.15, 0.2) is 0 Å². The van der Waals surface area contributed by atoms with Gasteiger partial charge in [-0.1, -0.05) is 0 Å². The highest BCUT2D eigenvalue weighted by molar-refractivity contribution is 5.66. The first-order valence-electron chi connectivity index (χ1n) is 2.51. The molecular formula is C5H7FO2. The van der Waals surface area contributed by atoms with Crippen LogP contribution in [-0.4, -0.2) is 11.8 Å². The first-order valence-corrected chi connectivity index (χ1v) is 2.51. The lowest BCUT2D eigenvalue weighted by atomic mass is 10.7. The van der Waals surface area contributed by atoms with E-state index in [1.54, 1.807) is 0 Å². The van der Waals surface area contributed by atoms with Gasteiger partial charge in [-0.25, -0.2) is 0 Å². The lowest BCUT2D eigenvalue weighted by Gasteiger charge is -2.02. The summed E-state index contributed by atoms with van der Waals surface area (Å²) in [5.41, 5.74) is 0. The molecular weight excluding hydrogens is 111 g/mol. The second kappa shape index (κ2) is 1.44. The largest absolute Gasteiger partial charge is 0.429 e. The fraction of sp³-hybridized carbons (Fsp3) is 0.800. The number of carbonyl (C=O) groups is 1. The Balaban J connectivity index is 2.29. The van der Waals surface area contributed by atoms with Gasteiger partial charge in [0.05, 0.1) is 0 Å². The van der Waals surface area contributed by atoms with E-state index in [2.05, 4.69) is 4.74 Å². The van der Waals surface area contributed by atoms with Gasteiger partial charge in [0.2, 0.25) is 0 Å². The molecule has 0 spiro atoms. The Labute approximate surface area is 46.6 Å². The van der Waals surface area contributed by atoms with E-state index in [1.807, 2.05) is 0 Å². The van der Waals surface area contributed by atoms with Gasteiger partial charge in [-0.05, 0) is 0 Å². The van der Waals surface area contributed by atoms with Crippen molar-refractivity contribution in [1.29, 1.82) is 0 Å². The van der Waals surface area contributed by atoms with Crippen molar-refractivity contribution in [3.05, 3.63) is 0 Å². The number of hydrogen-bond donors (Lipinski definition) is 0. The van der Waals surface area contributed by atoms with Gasteiger partial charge in [-0.3, -0.25) is 4.79 Å². The number of carbonyl (C=O) groups excluding carboxylic acids is 1. The van der Waals surface area contributed by atoms with Crippen molar-refractivity contribution in [1.82, 2.24) is 0 Å². The van der Waals surface area contributed by atoms with Crippen molar-refractivity contribution in [2.75, 3.05) is 0 Å². The van der Waals surface area contributed by atoms with Crippen LogP contribution >= 0.6 is 0 Å². The van der Waals surface area contributed by atoms with E-state index in [0.29, 0.717) is 12.8 Å². The van der Waals surface area contributed by atoms with Crippen molar-refractivity contribution in [3.8, 4) is 0 Å². The minimum atomic E-state index is -1.58. The molecule has 46 valence electrons. The number of halogens is 1. The van der Waals surface area contributed by atoms with E-state index in [9.17, 15) is 9.18 Å². The zero-order valence-corrected chi connectivity index (χ0v) is 4.61. The monoisotopic (exact) mass is 118 g/mol. The van der Waals surface area contributed by atoms with Gasteiger partial charge < -0.3 is 4.74 Å².